The maximum Gasteiger partial charge on any atom is 0.463 e. The van der Waals surface area contributed by atoms with Gasteiger partial charge in [0, 0.05) is 13.1 Å². The molecule has 0 saturated heterocycles. The van der Waals surface area contributed by atoms with E-state index in [4.69, 9.17) is 0 Å². The van der Waals surface area contributed by atoms with E-state index in [1.807, 2.05) is 13.8 Å². The summed E-state index contributed by atoms with van der Waals surface area (Å²) in [6.07, 6.45) is 2.30. The number of halogens is 5. The van der Waals surface area contributed by atoms with E-state index in [1.165, 1.54) is 0 Å². The van der Waals surface area contributed by atoms with Gasteiger partial charge >= 0.3 is 18.0 Å². The first-order valence-electron chi connectivity index (χ1n) is 8.92. The third-order valence-corrected chi connectivity index (χ3v) is 3.98. The number of amides is 1. The van der Waals surface area contributed by atoms with Gasteiger partial charge in [0.05, 0.1) is 0 Å². The minimum Gasteiger partial charge on any atom is -0.337 e. The largest absolute Gasteiger partial charge is 0.463 e. The summed E-state index contributed by atoms with van der Waals surface area (Å²) in [5.74, 6) is -7.42. The van der Waals surface area contributed by atoms with E-state index in [2.05, 4.69) is 0 Å². The molecule has 0 aliphatic carbocycles. The van der Waals surface area contributed by atoms with Crippen LogP contribution in [0.2, 0.25) is 0 Å². The molecule has 0 aromatic carbocycles. The molecular formula is C17H30F5NO. The van der Waals surface area contributed by atoms with Crippen LogP contribution in [0.25, 0.3) is 0 Å². The summed E-state index contributed by atoms with van der Waals surface area (Å²) in [6, 6.07) is 0. The molecule has 0 unspecified atom stereocenters. The number of nitrogens with zero attached hydrogens (tertiary/aromatic N) is 1. The highest BCUT2D eigenvalue weighted by molar-refractivity contribution is 5.84. The number of carbonyl (C=O) groups is 1. The zero-order valence-electron chi connectivity index (χ0n) is 14.7. The molecule has 0 heterocycles. The molecule has 0 atom stereocenters. The van der Waals surface area contributed by atoms with Gasteiger partial charge in [0.25, 0.3) is 0 Å². The third kappa shape index (κ3) is 8.29. The first-order chi connectivity index (χ1) is 11.2. The van der Waals surface area contributed by atoms with Gasteiger partial charge < -0.3 is 4.90 Å². The second-order valence-corrected chi connectivity index (χ2v) is 6.19. The first kappa shape index (κ1) is 23.1. The van der Waals surface area contributed by atoms with E-state index in [0.717, 1.165) is 51.4 Å². The molecule has 1 amide bonds. The molecule has 144 valence electrons. The van der Waals surface area contributed by atoms with Crippen LogP contribution in [0.1, 0.15) is 78.1 Å². The number of rotatable bonds is 13. The van der Waals surface area contributed by atoms with Crippen LogP contribution in [0.3, 0.4) is 0 Å². The van der Waals surface area contributed by atoms with Crippen molar-refractivity contribution in [3.63, 3.8) is 0 Å². The molecule has 0 bridgehead atoms. The summed E-state index contributed by atoms with van der Waals surface area (Å²) in [6.45, 7) is 3.97. The molecule has 0 aromatic rings. The summed E-state index contributed by atoms with van der Waals surface area (Å²) in [4.78, 5) is 12.4. The fourth-order valence-corrected chi connectivity index (χ4v) is 2.45. The Morgan fingerprint density at radius 3 is 1.42 bits per heavy atom. The van der Waals surface area contributed by atoms with Gasteiger partial charge in [-0.3, -0.25) is 4.79 Å². The second-order valence-electron chi connectivity index (χ2n) is 6.19. The smallest absolute Gasteiger partial charge is 0.337 e. The molecule has 0 N–H and O–H groups in total. The van der Waals surface area contributed by atoms with Gasteiger partial charge in [0.2, 0.25) is 0 Å². The number of hydrogen-bond acceptors (Lipinski definition) is 1. The molecule has 0 aromatic heterocycles. The highest BCUT2D eigenvalue weighted by Crippen LogP contribution is 2.37. The van der Waals surface area contributed by atoms with Gasteiger partial charge in [-0.15, -0.1) is 0 Å². The van der Waals surface area contributed by atoms with Crippen molar-refractivity contribution >= 4 is 5.91 Å². The van der Waals surface area contributed by atoms with Crippen LogP contribution in [0, 0.1) is 0 Å². The topological polar surface area (TPSA) is 20.3 Å². The van der Waals surface area contributed by atoms with Crippen molar-refractivity contribution in [3.8, 4) is 0 Å². The first-order valence-corrected chi connectivity index (χ1v) is 8.92. The van der Waals surface area contributed by atoms with Gasteiger partial charge in [-0.25, -0.2) is 0 Å². The Morgan fingerprint density at radius 2 is 1.08 bits per heavy atom. The van der Waals surface area contributed by atoms with E-state index >= 15 is 0 Å². The van der Waals surface area contributed by atoms with E-state index < -0.39 is 18.0 Å². The van der Waals surface area contributed by atoms with Crippen LogP contribution >= 0.6 is 0 Å². The average Bonchev–Trinajstić information content (AvgIpc) is 2.50. The summed E-state index contributed by atoms with van der Waals surface area (Å²) in [5, 5.41) is 0. The lowest BCUT2D eigenvalue weighted by molar-refractivity contribution is -0.274. The van der Waals surface area contributed by atoms with E-state index in [-0.39, 0.29) is 13.1 Å². The summed E-state index contributed by atoms with van der Waals surface area (Å²) in [7, 11) is 0. The molecular weight excluding hydrogens is 329 g/mol. The summed E-state index contributed by atoms with van der Waals surface area (Å²) >= 11 is 0. The molecule has 0 spiro atoms. The van der Waals surface area contributed by atoms with Crippen molar-refractivity contribution in [3.05, 3.63) is 0 Å². The molecule has 24 heavy (non-hydrogen) atoms. The van der Waals surface area contributed by atoms with Gasteiger partial charge in [0.1, 0.15) is 0 Å². The van der Waals surface area contributed by atoms with Crippen LogP contribution in [0.5, 0.6) is 0 Å². The minimum atomic E-state index is -5.84. The van der Waals surface area contributed by atoms with Crippen LogP contribution < -0.4 is 0 Å². The maximum absolute atomic E-state index is 13.3. The van der Waals surface area contributed by atoms with Crippen LogP contribution in [0.4, 0.5) is 22.0 Å². The highest BCUT2D eigenvalue weighted by Gasteiger charge is 2.64. The Bertz CT molecular complexity index is 330. The van der Waals surface area contributed by atoms with E-state index in [1.54, 1.807) is 0 Å². The fourth-order valence-electron chi connectivity index (χ4n) is 2.45. The quantitative estimate of drug-likeness (QED) is 0.294. The second kappa shape index (κ2) is 11.6. The van der Waals surface area contributed by atoms with Crippen molar-refractivity contribution in [1.29, 1.82) is 0 Å². The van der Waals surface area contributed by atoms with Crippen molar-refractivity contribution in [2.75, 3.05) is 13.1 Å². The number of hydrogen-bond donors (Lipinski definition) is 0. The van der Waals surface area contributed by atoms with Crippen molar-refractivity contribution in [2.45, 2.75) is 90.2 Å². The molecule has 7 heteroatoms. The Hall–Kier alpha value is -0.880. The Morgan fingerprint density at radius 1 is 0.708 bits per heavy atom. The van der Waals surface area contributed by atoms with Gasteiger partial charge in [-0.2, -0.15) is 22.0 Å². The highest BCUT2D eigenvalue weighted by atomic mass is 19.4. The lowest BCUT2D eigenvalue weighted by atomic mass is 10.1. The van der Waals surface area contributed by atoms with E-state index in [0.29, 0.717) is 17.7 Å². The zero-order valence-corrected chi connectivity index (χ0v) is 14.7. The molecule has 0 saturated carbocycles. The normalized spacial score (nSPS) is 12.5. The van der Waals surface area contributed by atoms with Gasteiger partial charge in [-0.1, -0.05) is 65.2 Å². The number of alkyl halides is 5. The van der Waals surface area contributed by atoms with Crippen LogP contribution in [-0.2, 0) is 4.79 Å². The predicted octanol–water partition coefficient (Wildman–Crippen LogP) is 5.95. The minimum absolute atomic E-state index is 0.0397. The molecule has 0 aliphatic heterocycles. The summed E-state index contributed by atoms with van der Waals surface area (Å²) in [5.41, 5.74) is 0. The zero-order chi connectivity index (χ0) is 18.6. The SMILES string of the molecule is CCCCCCCN(CCCCCCC)C(=O)C(F)(F)C(F)(F)F. The summed E-state index contributed by atoms with van der Waals surface area (Å²) < 4.78 is 63.9. The number of unbranched alkanes of at least 4 members (excludes halogenated alkanes) is 8. The van der Waals surface area contributed by atoms with Crippen LogP contribution in [-0.4, -0.2) is 36.0 Å². The lowest BCUT2D eigenvalue weighted by Crippen LogP contribution is -2.52. The molecule has 0 rings (SSSR count). The average molecular weight is 359 g/mol. The Labute approximate surface area is 141 Å². The van der Waals surface area contributed by atoms with Gasteiger partial charge in [-0.05, 0) is 12.8 Å². The van der Waals surface area contributed by atoms with E-state index in [9.17, 15) is 26.7 Å². The molecule has 2 nitrogen and oxygen atoms in total. The van der Waals surface area contributed by atoms with Crippen molar-refractivity contribution < 1.29 is 26.7 Å². The Kier molecular flexibility index (Phi) is 11.2. The number of carbonyl (C=O) groups excluding carboxylic acids is 1. The van der Waals surface area contributed by atoms with Crippen LogP contribution in [0.15, 0.2) is 0 Å². The molecule has 0 fully saturated rings. The standard InChI is InChI=1S/C17H30F5NO/c1-3-5-7-9-11-13-23(14-12-10-8-6-4-2)15(24)16(18,19)17(20,21)22/h3-14H2,1-2H3. The maximum atomic E-state index is 13.3. The monoisotopic (exact) mass is 359 g/mol. The van der Waals surface area contributed by atoms with Crippen molar-refractivity contribution in [2.24, 2.45) is 0 Å². The van der Waals surface area contributed by atoms with Gasteiger partial charge in [0.15, 0.2) is 0 Å². The predicted molar refractivity (Wildman–Crippen MR) is 85.1 cm³/mol. The Balaban J connectivity index is 4.62. The lowest BCUT2D eigenvalue weighted by Gasteiger charge is -2.28. The molecule has 0 aliphatic rings. The van der Waals surface area contributed by atoms with Crippen molar-refractivity contribution in [1.82, 2.24) is 4.90 Å². The molecule has 0 radical (unpaired) electrons. The third-order valence-electron chi connectivity index (χ3n) is 3.98. The fraction of sp³-hybridized carbons (Fsp3) is 0.941.